The van der Waals surface area contributed by atoms with Gasteiger partial charge < -0.3 is 9.47 Å². The summed E-state index contributed by atoms with van der Waals surface area (Å²) in [5, 5.41) is 0.550. The van der Waals surface area contributed by atoms with Crippen LogP contribution in [-0.4, -0.2) is 19.0 Å². The smallest absolute Gasteiger partial charge is 0.337 e. The van der Waals surface area contributed by atoms with Crippen molar-refractivity contribution >= 4 is 29.6 Å². The van der Waals surface area contributed by atoms with Crippen LogP contribution < -0.4 is 4.74 Å². The van der Waals surface area contributed by atoms with Gasteiger partial charge in [0.15, 0.2) is 0 Å². The number of halogens is 1. The molecule has 0 spiro atoms. The van der Waals surface area contributed by atoms with Crippen molar-refractivity contribution in [3.05, 3.63) is 70.8 Å². The topological polar surface area (TPSA) is 52.6 Å². The highest BCUT2D eigenvalue weighted by Gasteiger charge is 2.06. The molecule has 112 valence electrons. The molecule has 0 atom stereocenters. The molecule has 2 rings (SSSR count). The standard InChI is InChI=1S/C17H13ClO4/c1-21-17(20)13-6-9-14(10-7-13)22-16(19)11-8-12-4-2-3-5-15(12)18/h2-11H,1H3/b11-8+. The molecule has 0 aliphatic rings. The molecule has 5 heteroatoms. The molecule has 0 aromatic heterocycles. The van der Waals surface area contributed by atoms with Crippen LogP contribution in [0.1, 0.15) is 15.9 Å². The maximum absolute atomic E-state index is 11.7. The Morgan fingerprint density at radius 1 is 1.05 bits per heavy atom. The third kappa shape index (κ3) is 4.20. The van der Waals surface area contributed by atoms with Gasteiger partial charge in [-0.2, -0.15) is 0 Å². The van der Waals surface area contributed by atoms with Crippen LogP contribution in [0, 0.1) is 0 Å². The van der Waals surface area contributed by atoms with Gasteiger partial charge in [0.2, 0.25) is 0 Å². The summed E-state index contributed by atoms with van der Waals surface area (Å²) in [5.41, 5.74) is 1.11. The van der Waals surface area contributed by atoms with Gasteiger partial charge in [0, 0.05) is 11.1 Å². The van der Waals surface area contributed by atoms with Gasteiger partial charge in [-0.15, -0.1) is 0 Å². The zero-order chi connectivity index (χ0) is 15.9. The summed E-state index contributed by atoms with van der Waals surface area (Å²) < 4.78 is 9.71. The van der Waals surface area contributed by atoms with E-state index < -0.39 is 11.9 Å². The molecule has 0 aliphatic heterocycles. The van der Waals surface area contributed by atoms with Crippen LogP contribution in [0.5, 0.6) is 5.75 Å². The lowest BCUT2D eigenvalue weighted by Gasteiger charge is -2.03. The fourth-order valence-electron chi connectivity index (χ4n) is 1.70. The largest absolute Gasteiger partial charge is 0.465 e. The number of methoxy groups -OCH3 is 1. The van der Waals surface area contributed by atoms with Crippen molar-refractivity contribution in [3.8, 4) is 5.75 Å². The molecule has 4 nitrogen and oxygen atoms in total. The average Bonchev–Trinajstić information content (AvgIpc) is 2.54. The van der Waals surface area contributed by atoms with Crippen molar-refractivity contribution in [2.75, 3.05) is 7.11 Å². The predicted molar refractivity (Wildman–Crippen MR) is 83.9 cm³/mol. The number of hydrogen-bond acceptors (Lipinski definition) is 4. The molecule has 2 aromatic rings. The normalized spacial score (nSPS) is 10.5. The van der Waals surface area contributed by atoms with Crippen LogP contribution in [-0.2, 0) is 9.53 Å². The fraction of sp³-hybridized carbons (Fsp3) is 0.0588. The zero-order valence-electron chi connectivity index (χ0n) is 11.8. The maximum atomic E-state index is 11.7. The Balaban J connectivity index is 2.00. The second kappa shape index (κ2) is 7.43. The van der Waals surface area contributed by atoms with E-state index in [2.05, 4.69) is 4.74 Å². The second-order valence-electron chi connectivity index (χ2n) is 4.29. The first-order chi connectivity index (χ1) is 10.6. The second-order valence-corrected chi connectivity index (χ2v) is 4.70. The van der Waals surface area contributed by atoms with E-state index in [9.17, 15) is 9.59 Å². The van der Waals surface area contributed by atoms with Crippen LogP contribution in [0.15, 0.2) is 54.6 Å². The lowest BCUT2D eigenvalue weighted by molar-refractivity contribution is -0.128. The molecule has 0 N–H and O–H groups in total. The molecule has 0 unspecified atom stereocenters. The third-order valence-corrected chi connectivity index (χ3v) is 3.14. The first-order valence-corrected chi connectivity index (χ1v) is 6.81. The van der Waals surface area contributed by atoms with Gasteiger partial charge in [0.25, 0.3) is 0 Å². The Morgan fingerprint density at radius 3 is 2.36 bits per heavy atom. The summed E-state index contributed by atoms with van der Waals surface area (Å²) in [7, 11) is 1.30. The summed E-state index contributed by atoms with van der Waals surface area (Å²) in [5.74, 6) is -0.649. The molecule has 0 radical (unpaired) electrons. The zero-order valence-corrected chi connectivity index (χ0v) is 12.5. The van der Waals surface area contributed by atoms with Gasteiger partial charge in [0.05, 0.1) is 12.7 Å². The van der Waals surface area contributed by atoms with Gasteiger partial charge in [-0.05, 0) is 42.0 Å². The minimum absolute atomic E-state index is 0.335. The molecular formula is C17H13ClO4. The minimum Gasteiger partial charge on any atom is -0.465 e. The molecule has 0 amide bonds. The van der Waals surface area contributed by atoms with Crippen LogP contribution in [0.25, 0.3) is 6.08 Å². The molecule has 22 heavy (non-hydrogen) atoms. The molecule has 2 aromatic carbocycles. The summed E-state index contributed by atoms with van der Waals surface area (Å²) in [4.78, 5) is 23.0. The Kier molecular flexibility index (Phi) is 5.33. The van der Waals surface area contributed by atoms with Gasteiger partial charge in [-0.3, -0.25) is 0 Å². The van der Waals surface area contributed by atoms with E-state index >= 15 is 0 Å². The van der Waals surface area contributed by atoms with Crippen molar-refractivity contribution in [1.29, 1.82) is 0 Å². The van der Waals surface area contributed by atoms with Crippen molar-refractivity contribution in [2.24, 2.45) is 0 Å². The number of benzene rings is 2. The SMILES string of the molecule is COC(=O)c1ccc(OC(=O)/C=C/c2ccccc2Cl)cc1. The minimum atomic E-state index is -0.536. The fourth-order valence-corrected chi connectivity index (χ4v) is 1.89. The van der Waals surface area contributed by atoms with E-state index in [1.165, 1.54) is 37.5 Å². The van der Waals surface area contributed by atoms with E-state index in [1.807, 2.05) is 6.07 Å². The molecule has 0 heterocycles. The number of carbonyl (C=O) groups is 2. The number of rotatable bonds is 4. The first-order valence-electron chi connectivity index (χ1n) is 6.43. The Labute approximate surface area is 132 Å². The molecule has 0 aliphatic carbocycles. The molecule has 0 saturated carbocycles. The number of carbonyl (C=O) groups excluding carboxylic acids is 2. The van der Waals surface area contributed by atoms with Gasteiger partial charge in [-0.25, -0.2) is 9.59 Å². The van der Waals surface area contributed by atoms with Crippen LogP contribution >= 0.6 is 11.6 Å². The first kappa shape index (κ1) is 15.8. The van der Waals surface area contributed by atoms with Crippen molar-refractivity contribution in [3.63, 3.8) is 0 Å². The van der Waals surface area contributed by atoms with Crippen molar-refractivity contribution < 1.29 is 19.1 Å². The average molecular weight is 317 g/mol. The van der Waals surface area contributed by atoms with E-state index in [1.54, 1.807) is 24.3 Å². The quantitative estimate of drug-likeness (QED) is 0.490. The van der Waals surface area contributed by atoms with Crippen molar-refractivity contribution in [2.45, 2.75) is 0 Å². The van der Waals surface area contributed by atoms with E-state index in [0.717, 1.165) is 5.56 Å². The summed E-state index contributed by atoms with van der Waals surface area (Å²) >= 11 is 5.98. The number of hydrogen-bond donors (Lipinski definition) is 0. The lowest BCUT2D eigenvalue weighted by atomic mass is 10.2. The molecule has 0 bridgehead atoms. The van der Waals surface area contributed by atoms with Crippen molar-refractivity contribution in [1.82, 2.24) is 0 Å². The number of ether oxygens (including phenoxy) is 2. The van der Waals surface area contributed by atoms with Gasteiger partial charge in [-0.1, -0.05) is 29.8 Å². The lowest BCUT2D eigenvalue weighted by Crippen LogP contribution is -2.05. The molecule has 0 saturated heterocycles. The highest BCUT2D eigenvalue weighted by atomic mass is 35.5. The Hall–Kier alpha value is -2.59. The van der Waals surface area contributed by atoms with Gasteiger partial charge >= 0.3 is 11.9 Å². The summed E-state index contributed by atoms with van der Waals surface area (Å²) in [6.07, 6.45) is 2.86. The highest BCUT2D eigenvalue weighted by molar-refractivity contribution is 6.32. The molecular weight excluding hydrogens is 304 g/mol. The molecule has 0 fully saturated rings. The van der Waals surface area contributed by atoms with E-state index in [-0.39, 0.29) is 0 Å². The Bertz CT molecular complexity index is 705. The van der Waals surface area contributed by atoms with Crippen LogP contribution in [0.2, 0.25) is 5.02 Å². The highest BCUT2D eigenvalue weighted by Crippen LogP contribution is 2.17. The Morgan fingerprint density at radius 2 is 1.73 bits per heavy atom. The number of esters is 2. The van der Waals surface area contributed by atoms with Crippen LogP contribution in [0.4, 0.5) is 0 Å². The van der Waals surface area contributed by atoms with E-state index in [0.29, 0.717) is 16.3 Å². The van der Waals surface area contributed by atoms with E-state index in [4.69, 9.17) is 16.3 Å². The maximum Gasteiger partial charge on any atom is 0.337 e. The summed E-state index contributed by atoms with van der Waals surface area (Å²) in [6.45, 7) is 0. The summed E-state index contributed by atoms with van der Waals surface area (Å²) in [6, 6.07) is 13.2. The monoisotopic (exact) mass is 316 g/mol. The van der Waals surface area contributed by atoms with Gasteiger partial charge in [0.1, 0.15) is 5.75 Å². The van der Waals surface area contributed by atoms with Crippen LogP contribution in [0.3, 0.4) is 0 Å². The predicted octanol–water partition coefficient (Wildman–Crippen LogP) is 3.75. The third-order valence-electron chi connectivity index (χ3n) is 2.80.